The van der Waals surface area contributed by atoms with Crippen LogP contribution in [0.25, 0.3) is 0 Å². The molecule has 1 aliphatic rings. The maximum absolute atomic E-state index is 12.3. The van der Waals surface area contributed by atoms with Gasteiger partial charge in [0.1, 0.15) is 12.2 Å². The van der Waals surface area contributed by atoms with E-state index >= 15 is 0 Å². The van der Waals surface area contributed by atoms with Crippen LogP contribution < -0.4 is 0 Å². The van der Waals surface area contributed by atoms with Gasteiger partial charge in [-0.3, -0.25) is 0 Å². The lowest BCUT2D eigenvalue weighted by Crippen LogP contribution is -2.54. The van der Waals surface area contributed by atoms with Crippen LogP contribution >= 0.6 is 0 Å². The van der Waals surface area contributed by atoms with Crippen LogP contribution in [0.4, 0.5) is 0 Å². The number of hydrogen-bond donors (Lipinski definition) is 5. The molecule has 5 N–H and O–H groups in total. The summed E-state index contributed by atoms with van der Waals surface area (Å²) >= 11 is 0. The van der Waals surface area contributed by atoms with E-state index in [4.69, 9.17) is 9.84 Å². The van der Waals surface area contributed by atoms with Crippen molar-refractivity contribution in [3.63, 3.8) is 0 Å². The number of carboxylic acids is 1. The van der Waals surface area contributed by atoms with Gasteiger partial charge < -0.3 is 30.3 Å². The molecule has 1 unspecified atom stereocenters. The van der Waals surface area contributed by atoms with Crippen molar-refractivity contribution in [2.24, 2.45) is 17.3 Å². The molecule has 1 aliphatic carbocycles. The Morgan fingerprint density at radius 2 is 1.86 bits per heavy atom. The molecule has 8 heteroatoms. The van der Waals surface area contributed by atoms with Gasteiger partial charge in [0.2, 0.25) is 0 Å². The molecule has 0 radical (unpaired) electrons. The fourth-order valence-electron chi connectivity index (χ4n) is 3.67. The number of aliphatic carboxylic acids is 1. The maximum atomic E-state index is 12.3. The minimum atomic E-state index is -1.53. The Bertz CT molecular complexity index is 682. The van der Waals surface area contributed by atoms with Crippen LogP contribution in [0.15, 0.2) is 49.1 Å². The number of carbonyl (C=O) groups excluding carboxylic acids is 1. The number of allylic oxidation sites excluding steroid dienone is 1. The minimum absolute atomic E-state index is 0.0580. The van der Waals surface area contributed by atoms with E-state index in [-0.39, 0.29) is 17.6 Å². The predicted molar refractivity (Wildman–Crippen MR) is 101 cm³/mol. The maximum Gasteiger partial charge on any atom is 0.336 e. The van der Waals surface area contributed by atoms with E-state index in [9.17, 15) is 30.0 Å². The molecule has 0 aromatic rings. The average molecular weight is 396 g/mol. The summed E-state index contributed by atoms with van der Waals surface area (Å²) in [6.07, 6.45) is -2.45. The van der Waals surface area contributed by atoms with Crippen molar-refractivity contribution in [1.29, 1.82) is 0 Å². The third-order valence-electron chi connectivity index (χ3n) is 5.34. The Balaban J connectivity index is 3.35. The Kier molecular flexibility index (Phi) is 7.89. The van der Waals surface area contributed by atoms with E-state index in [2.05, 4.69) is 26.3 Å². The van der Waals surface area contributed by atoms with E-state index in [1.165, 1.54) is 6.08 Å². The minimum Gasteiger partial charge on any atom is -0.478 e. The normalized spacial score (nSPS) is 30.8. The topological polar surface area (TPSA) is 145 Å². The fourth-order valence-corrected chi connectivity index (χ4v) is 3.67. The smallest absolute Gasteiger partial charge is 0.336 e. The second kappa shape index (κ2) is 9.29. The highest BCUT2D eigenvalue weighted by Crippen LogP contribution is 2.50. The van der Waals surface area contributed by atoms with Gasteiger partial charge in [-0.1, -0.05) is 32.7 Å². The number of rotatable bonds is 9. The Labute approximate surface area is 163 Å². The van der Waals surface area contributed by atoms with E-state index in [1.807, 2.05) is 0 Å². The highest BCUT2D eigenvalue weighted by molar-refractivity contribution is 5.89. The van der Waals surface area contributed by atoms with Crippen molar-refractivity contribution < 1.29 is 39.9 Å². The van der Waals surface area contributed by atoms with Crippen molar-refractivity contribution in [1.82, 2.24) is 0 Å². The molecule has 0 heterocycles. The number of carboxylic acid groups (broad SMARTS) is 1. The summed E-state index contributed by atoms with van der Waals surface area (Å²) in [6.45, 7) is 14.9. The molecule has 0 aliphatic heterocycles. The average Bonchev–Trinajstić information content (AvgIpc) is 2.65. The SMILES string of the molecule is C=C[C@]1(C)C[C@H](OC(=O)C(=C)[C@@H](O)CO)[C@@H](C(=C)C(=O)O)[C@H](O)C1C(=C)CO. The second-order valence-electron chi connectivity index (χ2n) is 7.22. The zero-order valence-corrected chi connectivity index (χ0v) is 15.9. The van der Waals surface area contributed by atoms with Gasteiger partial charge in [-0.2, -0.15) is 0 Å². The molecule has 1 fully saturated rings. The van der Waals surface area contributed by atoms with Crippen LogP contribution in [0.2, 0.25) is 0 Å². The van der Waals surface area contributed by atoms with Gasteiger partial charge in [0.25, 0.3) is 0 Å². The monoisotopic (exact) mass is 396 g/mol. The summed E-state index contributed by atoms with van der Waals surface area (Å²) < 4.78 is 5.36. The van der Waals surface area contributed by atoms with Crippen LogP contribution in [0.1, 0.15) is 13.3 Å². The highest BCUT2D eigenvalue weighted by Gasteiger charge is 2.53. The first kappa shape index (κ1) is 23.8. The van der Waals surface area contributed by atoms with Crippen molar-refractivity contribution in [3.8, 4) is 0 Å². The number of aliphatic hydroxyl groups is 4. The molecule has 0 aromatic carbocycles. The fraction of sp³-hybridized carbons (Fsp3) is 0.500. The summed E-state index contributed by atoms with van der Waals surface area (Å²) in [4.78, 5) is 23.8. The lowest BCUT2D eigenvalue weighted by Gasteiger charge is -2.50. The third kappa shape index (κ3) is 4.59. The summed E-state index contributed by atoms with van der Waals surface area (Å²) in [6, 6.07) is 0. The molecule has 0 spiro atoms. The quantitative estimate of drug-likeness (QED) is 0.211. The van der Waals surface area contributed by atoms with Crippen LogP contribution in [0, 0.1) is 17.3 Å². The van der Waals surface area contributed by atoms with Gasteiger partial charge in [0.05, 0.1) is 30.8 Å². The van der Waals surface area contributed by atoms with Gasteiger partial charge in [-0.05, 0) is 17.4 Å². The number of ether oxygens (including phenoxy) is 1. The number of carbonyl (C=O) groups is 2. The molecule has 1 rings (SSSR count). The van der Waals surface area contributed by atoms with Gasteiger partial charge in [0, 0.05) is 11.5 Å². The first-order chi connectivity index (χ1) is 12.9. The molecule has 6 atom stereocenters. The van der Waals surface area contributed by atoms with Crippen LogP contribution in [0.3, 0.4) is 0 Å². The van der Waals surface area contributed by atoms with Crippen molar-refractivity contribution >= 4 is 11.9 Å². The zero-order valence-electron chi connectivity index (χ0n) is 15.9. The molecule has 28 heavy (non-hydrogen) atoms. The third-order valence-corrected chi connectivity index (χ3v) is 5.34. The number of hydrogen-bond acceptors (Lipinski definition) is 7. The summed E-state index contributed by atoms with van der Waals surface area (Å²) in [5.41, 5.74) is -1.38. The summed E-state index contributed by atoms with van der Waals surface area (Å²) in [5, 5.41) is 48.4. The standard InChI is InChI=1S/C20H28O8/c1-6-20(5)7-14(28-19(27)11(3)13(23)9-22)15(12(4)18(25)26)17(24)16(20)10(2)8-21/h6,13-17,21-24H,1-4,7-9H2,5H3,(H,25,26)/t13-,14-,15+,16?,17-,20+/m0/s1. The molecule has 0 aromatic heterocycles. The van der Waals surface area contributed by atoms with Gasteiger partial charge >= 0.3 is 11.9 Å². The van der Waals surface area contributed by atoms with E-state index in [0.717, 1.165) is 0 Å². The van der Waals surface area contributed by atoms with Gasteiger partial charge in [-0.25, -0.2) is 9.59 Å². The van der Waals surface area contributed by atoms with Crippen LogP contribution in [-0.2, 0) is 14.3 Å². The zero-order chi connectivity index (χ0) is 21.8. The molecule has 0 amide bonds. The number of esters is 1. The lowest BCUT2D eigenvalue weighted by atomic mass is 9.58. The predicted octanol–water partition coefficient (Wildman–Crippen LogP) is 0.186. The first-order valence-corrected chi connectivity index (χ1v) is 8.66. The van der Waals surface area contributed by atoms with E-state index < -0.39 is 66.3 Å². The number of aliphatic hydroxyl groups excluding tert-OH is 4. The lowest BCUT2D eigenvalue weighted by molar-refractivity contribution is -0.162. The molecular weight excluding hydrogens is 368 g/mol. The molecule has 156 valence electrons. The molecular formula is C20H28O8. The van der Waals surface area contributed by atoms with Gasteiger partial charge in [-0.15, -0.1) is 6.58 Å². The summed E-state index contributed by atoms with van der Waals surface area (Å²) in [5.74, 6) is -4.36. The van der Waals surface area contributed by atoms with Crippen molar-refractivity contribution in [2.75, 3.05) is 13.2 Å². The van der Waals surface area contributed by atoms with Crippen molar-refractivity contribution in [2.45, 2.75) is 31.7 Å². The van der Waals surface area contributed by atoms with E-state index in [0.29, 0.717) is 0 Å². The second-order valence-corrected chi connectivity index (χ2v) is 7.22. The van der Waals surface area contributed by atoms with Crippen LogP contribution in [-0.4, -0.2) is 69.0 Å². The largest absolute Gasteiger partial charge is 0.478 e. The molecule has 0 bridgehead atoms. The Hall–Kier alpha value is -2.26. The molecule has 1 saturated carbocycles. The van der Waals surface area contributed by atoms with E-state index in [1.54, 1.807) is 6.92 Å². The van der Waals surface area contributed by atoms with Crippen LogP contribution in [0.5, 0.6) is 0 Å². The highest BCUT2D eigenvalue weighted by atomic mass is 16.5. The Morgan fingerprint density at radius 3 is 2.29 bits per heavy atom. The Morgan fingerprint density at radius 1 is 1.29 bits per heavy atom. The first-order valence-electron chi connectivity index (χ1n) is 8.66. The van der Waals surface area contributed by atoms with Gasteiger partial charge in [0.15, 0.2) is 0 Å². The summed E-state index contributed by atoms with van der Waals surface area (Å²) in [7, 11) is 0. The molecule has 8 nitrogen and oxygen atoms in total. The van der Waals surface area contributed by atoms with Crippen molar-refractivity contribution in [3.05, 3.63) is 49.1 Å². The molecule has 0 saturated heterocycles.